The van der Waals surface area contributed by atoms with Gasteiger partial charge in [-0.15, -0.1) is 0 Å². The first kappa shape index (κ1) is 12.3. The first-order chi connectivity index (χ1) is 8.40. The molecule has 2 rings (SSSR count). The van der Waals surface area contributed by atoms with Gasteiger partial charge < -0.3 is 14.6 Å². The molecule has 0 amide bonds. The van der Waals surface area contributed by atoms with Crippen LogP contribution in [0, 0.1) is 5.92 Å². The van der Waals surface area contributed by atoms with E-state index in [1.54, 1.807) is 0 Å². The SMILES string of the molecule is OC[C@H]1C=CCO[C@@H]1COCc1ccccc1. The minimum Gasteiger partial charge on any atom is -0.396 e. The van der Waals surface area contributed by atoms with Gasteiger partial charge in [0.15, 0.2) is 0 Å². The Bertz CT molecular complexity index is 348. The van der Waals surface area contributed by atoms with Crippen molar-refractivity contribution in [3.05, 3.63) is 48.0 Å². The highest BCUT2D eigenvalue weighted by Crippen LogP contribution is 2.15. The number of ether oxygens (including phenoxy) is 2. The molecule has 0 saturated carbocycles. The predicted octanol–water partition coefficient (Wildman–Crippen LogP) is 1.77. The average molecular weight is 234 g/mol. The van der Waals surface area contributed by atoms with Gasteiger partial charge in [-0.05, 0) is 5.56 Å². The van der Waals surface area contributed by atoms with Crippen LogP contribution in [0.5, 0.6) is 0 Å². The van der Waals surface area contributed by atoms with Gasteiger partial charge in [-0.3, -0.25) is 0 Å². The highest BCUT2D eigenvalue weighted by Gasteiger charge is 2.21. The maximum atomic E-state index is 9.19. The molecule has 0 aliphatic carbocycles. The summed E-state index contributed by atoms with van der Waals surface area (Å²) < 4.78 is 11.2. The number of aliphatic hydroxyl groups excluding tert-OH is 1. The van der Waals surface area contributed by atoms with Gasteiger partial charge in [-0.2, -0.15) is 0 Å². The Morgan fingerprint density at radius 1 is 1.29 bits per heavy atom. The third kappa shape index (κ3) is 3.66. The molecule has 0 radical (unpaired) electrons. The molecule has 1 N–H and O–H groups in total. The summed E-state index contributed by atoms with van der Waals surface area (Å²) in [6.45, 7) is 1.82. The number of aliphatic hydroxyl groups is 1. The van der Waals surface area contributed by atoms with E-state index in [0.717, 1.165) is 5.56 Å². The maximum absolute atomic E-state index is 9.19. The molecule has 17 heavy (non-hydrogen) atoms. The molecule has 0 fully saturated rings. The Labute approximate surface area is 102 Å². The van der Waals surface area contributed by atoms with Crippen LogP contribution in [0.15, 0.2) is 42.5 Å². The second kappa shape index (κ2) is 6.55. The highest BCUT2D eigenvalue weighted by molar-refractivity contribution is 5.13. The fourth-order valence-electron chi connectivity index (χ4n) is 1.87. The summed E-state index contributed by atoms with van der Waals surface area (Å²) >= 11 is 0. The Morgan fingerprint density at radius 2 is 2.12 bits per heavy atom. The van der Waals surface area contributed by atoms with E-state index in [0.29, 0.717) is 19.8 Å². The minimum absolute atomic E-state index is 0.0336. The predicted molar refractivity (Wildman–Crippen MR) is 65.6 cm³/mol. The number of benzene rings is 1. The largest absolute Gasteiger partial charge is 0.396 e. The lowest BCUT2D eigenvalue weighted by atomic mass is 10.0. The number of hydrogen-bond acceptors (Lipinski definition) is 3. The van der Waals surface area contributed by atoms with Gasteiger partial charge in [0.25, 0.3) is 0 Å². The molecule has 1 aromatic carbocycles. The summed E-state index contributed by atoms with van der Waals surface area (Å²) in [6.07, 6.45) is 3.91. The Hall–Kier alpha value is -1.16. The Balaban J connectivity index is 1.76. The summed E-state index contributed by atoms with van der Waals surface area (Å²) in [6, 6.07) is 10.0. The van der Waals surface area contributed by atoms with E-state index in [1.165, 1.54) is 0 Å². The van der Waals surface area contributed by atoms with Crippen molar-refractivity contribution >= 4 is 0 Å². The molecule has 1 aliphatic heterocycles. The second-order valence-electron chi connectivity index (χ2n) is 4.15. The number of rotatable bonds is 5. The molecule has 3 heteroatoms. The fourth-order valence-corrected chi connectivity index (χ4v) is 1.87. The van der Waals surface area contributed by atoms with Crippen LogP contribution in [0.4, 0.5) is 0 Å². The lowest BCUT2D eigenvalue weighted by Gasteiger charge is -2.26. The zero-order valence-corrected chi connectivity index (χ0v) is 9.79. The van der Waals surface area contributed by atoms with E-state index < -0.39 is 0 Å². The van der Waals surface area contributed by atoms with Crippen LogP contribution < -0.4 is 0 Å². The molecule has 2 atom stereocenters. The molecule has 1 heterocycles. The monoisotopic (exact) mass is 234 g/mol. The summed E-state index contributed by atoms with van der Waals surface area (Å²) in [7, 11) is 0. The molecular formula is C14H18O3. The highest BCUT2D eigenvalue weighted by atomic mass is 16.5. The zero-order chi connectivity index (χ0) is 11.9. The van der Waals surface area contributed by atoms with E-state index in [1.807, 2.05) is 42.5 Å². The van der Waals surface area contributed by atoms with E-state index in [9.17, 15) is 5.11 Å². The average Bonchev–Trinajstić information content (AvgIpc) is 2.40. The van der Waals surface area contributed by atoms with E-state index in [-0.39, 0.29) is 18.6 Å². The van der Waals surface area contributed by atoms with Crippen molar-refractivity contribution in [1.82, 2.24) is 0 Å². The van der Waals surface area contributed by atoms with Crippen molar-refractivity contribution in [2.24, 2.45) is 5.92 Å². The van der Waals surface area contributed by atoms with Crippen LogP contribution in [0.2, 0.25) is 0 Å². The van der Waals surface area contributed by atoms with E-state index in [2.05, 4.69) is 0 Å². The van der Waals surface area contributed by atoms with Gasteiger partial charge in [0.2, 0.25) is 0 Å². The molecular weight excluding hydrogens is 216 g/mol. The molecule has 1 aromatic rings. The smallest absolute Gasteiger partial charge is 0.0897 e. The lowest BCUT2D eigenvalue weighted by Crippen LogP contribution is -2.32. The van der Waals surface area contributed by atoms with Crippen molar-refractivity contribution in [1.29, 1.82) is 0 Å². The van der Waals surface area contributed by atoms with Gasteiger partial charge in [0, 0.05) is 5.92 Å². The summed E-state index contributed by atoms with van der Waals surface area (Å²) in [5.41, 5.74) is 1.15. The molecule has 0 saturated heterocycles. The molecule has 0 unspecified atom stereocenters. The maximum Gasteiger partial charge on any atom is 0.0897 e. The minimum atomic E-state index is -0.0336. The van der Waals surface area contributed by atoms with Crippen molar-refractivity contribution in [3.8, 4) is 0 Å². The van der Waals surface area contributed by atoms with E-state index in [4.69, 9.17) is 9.47 Å². The normalized spacial score (nSPS) is 23.8. The molecule has 3 nitrogen and oxygen atoms in total. The van der Waals surface area contributed by atoms with Gasteiger partial charge in [0.05, 0.1) is 32.5 Å². The quantitative estimate of drug-likeness (QED) is 0.789. The second-order valence-corrected chi connectivity index (χ2v) is 4.15. The molecule has 92 valence electrons. The summed E-state index contributed by atoms with van der Waals surface area (Å²) in [5.74, 6) is 0.0551. The third-order valence-corrected chi connectivity index (χ3v) is 2.87. The first-order valence-electron chi connectivity index (χ1n) is 5.91. The fraction of sp³-hybridized carbons (Fsp3) is 0.429. The van der Waals surface area contributed by atoms with Crippen molar-refractivity contribution < 1.29 is 14.6 Å². The van der Waals surface area contributed by atoms with Gasteiger partial charge in [-0.1, -0.05) is 42.5 Å². The molecule has 0 aromatic heterocycles. The van der Waals surface area contributed by atoms with Crippen LogP contribution in [0.25, 0.3) is 0 Å². The Kier molecular flexibility index (Phi) is 4.74. The summed E-state index contributed by atoms with van der Waals surface area (Å²) in [4.78, 5) is 0. The standard InChI is InChI=1S/C14H18O3/c15-9-13-7-4-8-17-14(13)11-16-10-12-5-2-1-3-6-12/h1-7,13-15H,8-11H2/t13-,14-/m1/s1. The molecule has 0 bridgehead atoms. The zero-order valence-electron chi connectivity index (χ0n) is 9.79. The van der Waals surface area contributed by atoms with E-state index >= 15 is 0 Å². The molecule has 0 spiro atoms. The van der Waals surface area contributed by atoms with Crippen LogP contribution in [0.3, 0.4) is 0 Å². The van der Waals surface area contributed by atoms with Crippen molar-refractivity contribution in [2.45, 2.75) is 12.7 Å². The van der Waals surface area contributed by atoms with Crippen LogP contribution >= 0.6 is 0 Å². The lowest BCUT2D eigenvalue weighted by molar-refractivity contribution is -0.0478. The molecule has 1 aliphatic rings. The van der Waals surface area contributed by atoms with Crippen molar-refractivity contribution in [3.63, 3.8) is 0 Å². The first-order valence-corrected chi connectivity index (χ1v) is 5.91. The van der Waals surface area contributed by atoms with Crippen LogP contribution in [0.1, 0.15) is 5.56 Å². The van der Waals surface area contributed by atoms with Gasteiger partial charge in [-0.25, -0.2) is 0 Å². The van der Waals surface area contributed by atoms with Crippen LogP contribution in [-0.4, -0.2) is 31.0 Å². The topological polar surface area (TPSA) is 38.7 Å². The van der Waals surface area contributed by atoms with Crippen molar-refractivity contribution in [2.75, 3.05) is 19.8 Å². The third-order valence-electron chi connectivity index (χ3n) is 2.87. The number of hydrogen-bond donors (Lipinski definition) is 1. The summed E-state index contributed by atoms with van der Waals surface area (Å²) in [5, 5.41) is 9.19. The van der Waals surface area contributed by atoms with Crippen LogP contribution in [-0.2, 0) is 16.1 Å². The van der Waals surface area contributed by atoms with Gasteiger partial charge in [0.1, 0.15) is 0 Å². The Morgan fingerprint density at radius 3 is 2.88 bits per heavy atom. The van der Waals surface area contributed by atoms with Gasteiger partial charge >= 0.3 is 0 Å².